The van der Waals surface area contributed by atoms with Crippen LogP contribution in [0.15, 0.2) is 23.1 Å². The molecule has 0 aliphatic carbocycles. The second kappa shape index (κ2) is 8.37. The molecule has 1 aromatic rings. The molecular weight excluding hydrogens is 329 g/mol. The predicted molar refractivity (Wildman–Crippen MR) is 89.6 cm³/mol. The van der Waals surface area contributed by atoms with E-state index in [9.17, 15) is 8.42 Å². The van der Waals surface area contributed by atoms with Gasteiger partial charge in [0.05, 0.1) is 5.02 Å². The zero-order valence-electron chi connectivity index (χ0n) is 12.8. The fourth-order valence-electron chi connectivity index (χ4n) is 2.13. The maximum absolute atomic E-state index is 12.9. The highest BCUT2D eigenvalue weighted by Gasteiger charge is 2.28. The summed E-state index contributed by atoms with van der Waals surface area (Å²) in [6.45, 7) is 6.36. The van der Waals surface area contributed by atoms with E-state index >= 15 is 0 Å². The minimum Gasteiger partial charge on any atom is -0.207 e. The largest absolute Gasteiger partial charge is 0.244 e. The first-order valence-corrected chi connectivity index (χ1v) is 9.56. The van der Waals surface area contributed by atoms with Crippen LogP contribution in [0.5, 0.6) is 0 Å². The van der Waals surface area contributed by atoms with E-state index in [-0.39, 0.29) is 21.8 Å². The Morgan fingerprint density at radius 3 is 2.43 bits per heavy atom. The Bertz CT molecular complexity index is 559. The van der Waals surface area contributed by atoms with Gasteiger partial charge in [0.2, 0.25) is 10.0 Å². The van der Waals surface area contributed by atoms with Crippen LogP contribution in [0.25, 0.3) is 0 Å². The van der Waals surface area contributed by atoms with Gasteiger partial charge in [0.15, 0.2) is 0 Å². The lowest BCUT2D eigenvalue weighted by atomic mass is 10.2. The van der Waals surface area contributed by atoms with Crippen LogP contribution in [0.4, 0.5) is 0 Å². The molecule has 0 unspecified atom stereocenters. The lowest BCUT2D eigenvalue weighted by molar-refractivity contribution is 0.345. The van der Waals surface area contributed by atoms with Crippen molar-refractivity contribution in [2.45, 2.75) is 56.9 Å². The van der Waals surface area contributed by atoms with E-state index in [1.807, 2.05) is 13.8 Å². The summed E-state index contributed by atoms with van der Waals surface area (Å²) in [6, 6.07) is 4.80. The minimum absolute atomic E-state index is 0.109. The van der Waals surface area contributed by atoms with E-state index in [0.29, 0.717) is 6.54 Å². The number of nitrogens with zero attached hydrogens (tertiary/aromatic N) is 1. The van der Waals surface area contributed by atoms with E-state index < -0.39 is 10.0 Å². The van der Waals surface area contributed by atoms with Gasteiger partial charge in [-0.1, -0.05) is 37.4 Å². The Morgan fingerprint density at radius 1 is 1.24 bits per heavy atom. The molecule has 0 heterocycles. The van der Waals surface area contributed by atoms with Crippen LogP contribution in [0.3, 0.4) is 0 Å². The zero-order chi connectivity index (χ0) is 16.0. The number of sulfonamides is 1. The molecule has 0 N–H and O–H groups in total. The summed E-state index contributed by atoms with van der Waals surface area (Å²) in [4.78, 5) is 0.146. The Hall–Kier alpha value is -0.290. The number of hydrogen-bond acceptors (Lipinski definition) is 2. The molecule has 0 spiro atoms. The maximum atomic E-state index is 12.9. The molecule has 0 bridgehead atoms. The quantitative estimate of drug-likeness (QED) is 0.504. The van der Waals surface area contributed by atoms with E-state index in [4.69, 9.17) is 23.2 Å². The van der Waals surface area contributed by atoms with Gasteiger partial charge in [-0.25, -0.2) is 8.42 Å². The van der Waals surface area contributed by atoms with E-state index in [1.54, 1.807) is 18.2 Å². The summed E-state index contributed by atoms with van der Waals surface area (Å²) in [5.41, 5.74) is 0.747. The minimum atomic E-state index is -3.60. The van der Waals surface area contributed by atoms with Crippen LogP contribution in [0.2, 0.25) is 5.02 Å². The molecule has 6 heteroatoms. The van der Waals surface area contributed by atoms with Crippen molar-refractivity contribution in [1.82, 2.24) is 4.31 Å². The van der Waals surface area contributed by atoms with Crippen molar-refractivity contribution in [3.63, 3.8) is 0 Å². The lowest BCUT2D eigenvalue weighted by Crippen LogP contribution is -2.37. The third-order valence-electron chi connectivity index (χ3n) is 3.29. The lowest BCUT2D eigenvalue weighted by Gasteiger charge is -2.26. The highest BCUT2D eigenvalue weighted by molar-refractivity contribution is 7.89. The van der Waals surface area contributed by atoms with Crippen LogP contribution < -0.4 is 0 Å². The topological polar surface area (TPSA) is 37.4 Å². The number of halogens is 2. The Balaban J connectivity index is 3.16. The molecule has 1 aromatic carbocycles. The summed E-state index contributed by atoms with van der Waals surface area (Å²) in [5.74, 6) is 0.261. The number of alkyl halides is 1. The summed E-state index contributed by atoms with van der Waals surface area (Å²) in [6.07, 6.45) is 2.91. The molecule has 0 aliphatic heterocycles. The standard InChI is InChI=1S/C15H23Cl2NO2S/c1-4-5-6-9-18(12(2)3)21(19,20)15-10-13(11-16)7-8-14(15)17/h7-8,10,12H,4-6,9,11H2,1-3H3. The molecule has 0 saturated carbocycles. The highest BCUT2D eigenvalue weighted by Crippen LogP contribution is 2.28. The molecule has 21 heavy (non-hydrogen) atoms. The molecule has 120 valence electrons. The Labute approximate surface area is 138 Å². The third kappa shape index (κ3) is 4.85. The fraction of sp³-hybridized carbons (Fsp3) is 0.600. The van der Waals surface area contributed by atoms with Crippen molar-refractivity contribution in [3.8, 4) is 0 Å². The Morgan fingerprint density at radius 2 is 1.90 bits per heavy atom. The number of unbranched alkanes of at least 4 members (excludes halogenated alkanes) is 2. The third-order valence-corrected chi connectivity index (χ3v) is 6.16. The van der Waals surface area contributed by atoms with Gasteiger partial charge in [-0.3, -0.25) is 0 Å². The van der Waals surface area contributed by atoms with Gasteiger partial charge < -0.3 is 0 Å². The summed E-state index contributed by atoms with van der Waals surface area (Å²) >= 11 is 11.9. The SMILES string of the molecule is CCCCCN(C(C)C)S(=O)(=O)c1cc(CCl)ccc1Cl. The number of benzene rings is 1. The molecule has 3 nitrogen and oxygen atoms in total. The highest BCUT2D eigenvalue weighted by atomic mass is 35.5. The first-order valence-electron chi connectivity index (χ1n) is 7.20. The second-order valence-corrected chi connectivity index (χ2v) is 7.85. The van der Waals surface area contributed by atoms with Gasteiger partial charge in [0.1, 0.15) is 4.90 Å². The first-order chi connectivity index (χ1) is 9.84. The summed E-state index contributed by atoms with van der Waals surface area (Å²) < 4.78 is 27.2. The van der Waals surface area contributed by atoms with Gasteiger partial charge in [-0.15, -0.1) is 11.6 Å². The predicted octanol–water partition coefficient (Wildman–Crippen LogP) is 4.67. The average molecular weight is 352 g/mol. The molecular formula is C15H23Cl2NO2S. The van der Waals surface area contributed by atoms with Crippen molar-refractivity contribution in [1.29, 1.82) is 0 Å². The van der Waals surface area contributed by atoms with Crippen LogP contribution in [-0.4, -0.2) is 25.3 Å². The molecule has 1 rings (SSSR count). The molecule has 0 atom stereocenters. The van der Waals surface area contributed by atoms with Gasteiger partial charge in [-0.05, 0) is 38.0 Å². The van der Waals surface area contributed by atoms with Crippen LogP contribution >= 0.6 is 23.2 Å². The normalized spacial score (nSPS) is 12.3. The van der Waals surface area contributed by atoms with Crippen molar-refractivity contribution in [2.75, 3.05) is 6.54 Å². The first kappa shape index (κ1) is 18.8. The van der Waals surface area contributed by atoms with Gasteiger partial charge >= 0.3 is 0 Å². The van der Waals surface area contributed by atoms with Crippen molar-refractivity contribution in [2.24, 2.45) is 0 Å². The van der Waals surface area contributed by atoms with E-state index in [2.05, 4.69) is 6.92 Å². The summed E-state index contributed by atoms with van der Waals surface area (Å²) in [7, 11) is -3.60. The monoisotopic (exact) mass is 351 g/mol. The molecule has 0 radical (unpaired) electrons. The van der Waals surface area contributed by atoms with E-state index in [1.165, 1.54) is 4.31 Å². The summed E-state index contributed by atoms with van der Waals surface area (Å²) in [5, 5.41) is 0.241. The fourth-order valence-corrected chi connectivity index (χ4v) is 4.50. The van der Waals surface area contributed by atoms with Crippen molar-refractivity contribution >= 4 is 33.2 Å². The zero-order valence-corrected chi connectivity index (χ0v) is 15.1. The van der Waals surface area contributed by atoms with Gasteiger partial charge in [0.25, 0.3) is 0 Å². The van der Waals surface area contributed by atoms with Crippen LogP contribution in [0, 0.1) is 0 Å². The van der Waals surface area contributed by atoms with Gasteiger partial charge in [0, 0.05) is 18.5 Å². The molecule has 0 saturated heterocycles. The Kier molecular flexibility index (Phi) is 7.48. The average Bonchev–Trinajstić information content (AvgIpc) is 2.43. The molecule has 0 aromatic heterocycles. The molecule has 0 fully saturated rings. The molecule has 0 amide bonds. The van der Waals surface area contributed by atoms with E-state index in [0.717, 1.165) is 24.8 Å². The smallest absolute Gasteiger partial charge is 0.207 e. The van der Waals surface area contributed by atoms with Gasteiger partial charge in [-0.2, -0.15) is 4.31 Å². The van der Waals surface area contributed by atoms with Crippen molar-refractivity contribution < 1.29 is 8.42 Å². The van der Waals surface area contributed by atoms with Crippen LogP contribution in [-0.2, 0) is 15.9 Å². The van der Waals surface area contributed by atoms with Crippen molar-refractivity contribution in [3.05, 3.63) is 28.8 Å². The number of rotatable bonds is 8. The number of hydrogen-bond donors (Lipinski definition) is 0. The van der Waals surface area contributed by atoms with Crippen LogP contribution in [0.1, 0.15) is 45.6 Å². The maximum Gasteiger partial charge on any atom is 0.244 e. The second-order valence-electron chi connectivity index (χ2n) is 5.32. The molecule has 0 aliphatic rings.